The standard InChI is InChI=1S/C16H26N4O3/c1-12-8-13(2)10-19(9-12)7-3-6-17-15(22)11-20-16(23)5-4-14(21)18-20/h4-5,12-13H,3,6-11H2,1-2H3,(H,17,22)(H,18,21)/t12-,13+. The van der Waals surface area contributed by atoms with Crippen molar-refractivity contribution < 1.29 is 4.79 Å². The number of hydrogen-bond donors (Lipinski definition) is 2. The first-order valence-electron chi connectivity index (χ1n) is 8.23. The number of carbonyl (C=O) groups excluding carboxylic acids is 1. The zero-order valence-electron chi connectivity index (χ0n) is 13.9. The Morgan fingerprint density at radius 1 is 1.26 bits per heavy atom. The van der Waals surface area contributed by atoms with Crippen LogP contribution < -0.4 is 16.4 Å². The highest BCUT2D eigenvalue weighted by Gasteiger charge is 2.21. The van der Waals surface area contributed by atoms with Gasteiger partial charge >= 0.3 is 0 Å². The predicted octanol–water partition coefficient (Wildman–Crippen LogP) is 0.0208. The molecule has 1 amide bonds. The van der Waals surface area contributed by atoms with Gasteiger partial charge in [-0.1, -0.05) is 13.8 Å². The number of hydrogen-bond acceptors (Lipinski definition) is 4. The SMILES string of the molecule is C[C@@H]1C[C@H](C)CN(CCCNC(=O)Cn2[nH]c(=O)ccc2=O)C1. The number of nitrogens with zero attached hydrogens (tertiary/aromatic N) is 2. The second-order valence-electron chi connectivity index (χ2n) is 6.64. The van der Waals surface area contributed by atoms with E-state index in [-0.39, 0.29) is 12.5 Å². The Balaban J connectivity index is 1.70. The number of aromatic nitrogens is 2. The summed E-state index contributed by atoms with van der Waals surface area (Å²) >= 11 is 0. The van der Waals surface area contributed by atoms with E-state index in [1.807, 2.05) is 0 Å². The number of nitrogens with one attached hydrogen (secondary N) is 2. The zero-order valence-corrected chi connectivity index (χ0v) is 13.9. The quantitative estimate of drug-likeness (QED) is 0.723. The Kier molecular flexibility index (Phi) is 6.15. The van der Waals surface area contributed by atoms with Crippen molar-refractivity contribution >= 4 is 5.91 Å². The van der Waals surface area contributed by atoms with Gasteiger partial charge in [0.15, 0.2) is 0 Å². The van der Waals surface area contributed by atoms with E-state index >= 15 is 0 Å². The van der Waals surface area contributed by atoms with E-state index in [0.717, 1.165) is 54.7 Å². The monoisotopic (exact) mass is 322 g/mol. The van der Waals surface area contributed by atoms with E-state index in [0.29, 0.717) is 6.54 Å². The van der Waals surface area contributed by atoms with Crippen LogP contribution in [0.3, 0.4) is 0 Å². The maximum absolute atomic E-state index is 11.8. The summed E-state index contributed by atoms with van der Waals surface area (Å²) in [7, 11) is 0. The number of H-pyrrole nitrogens is 1. The summed E-state index contributed by atoms with van der Waals surface area (Å²) < 4.78 is 1.02. The third kappa shape index (κ3) is 5.67. The van der Waals surface area contributed by atoms with E-state index in [2.05, 4.69) is 29.2 Å². The Morgan fingerprint density at radius 3 is 2.65 bits per heavy atom. The first-order chi connectivity index (χ1) is 10.9. The molecule has 1 aliphatic rings. The second-order valence-corrected chi connectivity index (χ2v) is 6.64. The molecule has 0 aliphatic carbocycles. The maximum atomic E-state index is 11.8. The molecule has 2 atom stereocenters. The Labute approximate surface area is 135 Å². The highest BCUT2D eigenvalue weighted by atomic mass is 16.2. The minimum Gasteiger partial charge on any atom is -0.354 e. The molecule has 1 aromatic heterocycles. The number of amides is 1. The molecule has 1 aromatic rings. The van der Waals surface area contributed by atoms with Gasteiger partial charge in [-0.2, -0.15) is 0 Å². The highest BCUT2D eigenvalue weighted by Crippen LogP contribution is 2.20. The first kappa shape index (κ1) is 17.5. The molecule has 1 aliphatic heterocycles. The van der Waals surface area contributed by atoms with Gasteiger partial charge in [-0.15, -0.1) is 0 Å². The minimum absolute atomic E-state index is 0.160. The molecule has 0 radical (unpaired) electrons. The molecule has 2 rings (SSSR count). The molecule has 0 spiro atoms. The van der Waals surface area contributed by atoms with Crippen molar-refractivity contribution in [2.24, 2.45) is 11.8 Å². The molecule has 0 bridgehead atoms. The third-order valence-corrected chi connectivity index (χ3v) is 4.11. The highest BCUT2D eigenvalue weighted by molar-refractivity contribution is 5.75. The smallest absolute Gasteiger partial charge is 0.265 e. The summed E-state index contributed by atoms with van der Waals surface area (Å²) in [6, 6.07) is 2.31. The number of carbonyl (C=O) groups is 1. The fraction of sp³-hybridized carbons (Fsp3) is 0.688. The summed E-state index contributed by atoms with van der Waals surface area (Å²) in [5.74, 6) is 1.19. The van der Waals surface area contributed by atoms with E-state index in [1.165, 1.54) is 6.42 Å². The predicted molar refractivity (Wildman–Crippen MR) is 88.3 cm³/mol. The van der Waals surface area contributed by atoms with Crippen LogP contribution in [-0.2, 0) is 11.3 Å². The van der Waals surface area contributed by atoms with Gasteiger partial charge in [0.05, 0.1) is 0 Å². The fourth-order valence-electron chi connectivity index (χ4n) is 3.28. The third-order valence-electron chi connectivity index (χ3n) is 4.11. The Morgan fingerprint density at radius 2 is 1.96 bits per heavy atom. The van der Waals surface area contributed by atoms with Crippen molar-refractivity contribution in [3.8, 4) is 0 Å². The van der Waals surface area contributed by atoms with Crippen LogP contribution in [0, 0.1) is 11.8 Å². The van der Waals surface area contributed by atoms with Crippen molar-refractivity contribution in [3.05, 3.63) is 32.8 Å². The normalized spacial score (nSPS) is 22.0. The van der Waals surface area contributed by atoms with Crippen LogP contribution in [0.5, 0.6) is 0 Å². The maximum Gasteiger partial charge on any atom is 0.265 e. The van der Waals surface area contributed by atoms with Gasteiger partial charge in [0.25, 0.3) is 11.1 Å². The van der Waals surface area contributed by atoms with Crippen molar-refractivity contribution in [2.75, 3.05) is 26.2 Å². The van der Waals surface area contributed by atoms with Crippen LogP contribution in [0.2, 0.25) is 0 Å². The lowest BCUT2D eigenvalue weighted by Crippen LogP contribution is -2.40. The number of likely N-dealkylation sites (tertiary alicyclic amines) is 1. The molecule has 7 heteroatoms. The van der Waals surface area contributed by atoms with Gasteiger partial charge in [0, 0.05) is 31.8 Å². The lowest BCUT2D eigenvalue weighted by molar-refractivity contribution is -0.121. The molecule has 2 heterocycles. The van der Waals surface area contributed by atoms with Gasteiger partial charge in [0.1, 0.15) is 6.54 Å². The fourth-order valence-corrected chi connectivity index (χ4v) is 3.28. The number of aromatic amines is 1. The molecule has 128 valence electrons. The summed E-state index contributed by atoms with van der Waals surface area (Å²) in [5, 5.41) is 5.13. The van der Waals surface area contributed by atoms with Gasteiger partial charge in [-0.05, 0) is 31.2 Å². The first-order valence-corrected chi connectivity index (χ1v) is 8.23. The van der Waals surface area contributed by atoms with Gasteiger partial charge in [-0.25, -0.2) is 4.68 Å². The van der Waals surface area contributed by atoms with Crippen LogP contribution >= 0.6 is 0 Å². The minimum atomic E-state index is -0.397. The van der Waals surface area contributed by atoms with E-state index in [4.69, 9.17) is 0 Å². The molecule has 1 saturated heterocycles. The topological polar surface area (TPSA) is 87.2 Å². The Bertz CT molecular complexity index is 627. The van der Waals surface area contributed by atoms with Gasteiger partial charge in [-0.3, -0.25) is 19.5 Å². The molecule has 2 N–H and O–H groups in total. The average molecular weight is 322 g/mol. The van der Waals surface area contributed by atoms with Crippen LogP contribution in [0.4, 0.5) is 0 Å². The van der Waals surface area contributed by atoms with Gasteiger partial charge in [0.2, 0.25) is 5.91 Å². The summed E-state index contributed by atoms with van der Waals surface area (Å²) in [5.41, 5.74) is -0.790. The number of piperidine rings is 1. The molecule has 0 saturated carbocycles. The largest absolute Gasteiger partial charge is 0.354 e. The second kappa shape index (κ2) is 8.10. The molecule has 1 fully saturated rings. The van der Waals surface area contributed by atoms with Crippen molar-refractivity contribution in [2.45, 2.75) is 33.2 Å². The molecule has 0 unspecified atom stereocenters. The molecular weight excluding hydrogens is 296 g/mol. The summed E-state index contributed by atoms with van der Waals surface area (Å²) in [6.45, 7) is 8.19. The van der Waals surface area contributed by atoms with Crippen LogP contribution in [0.25, 0.3) is 0 Å². The van der Waals surface area contributed by atoms with Crippen molar-refractivity contribution in [1.29, 1.82) is 0 Å². The van der Waals surface area contributed by atoms with Crippen molar-refractivity contribution in [1.82, 2.24) is 20.0 Å². The molecule has 23 heavy (non-hydrogen) atoms. The lowest BCUT2D eigenvalue weighted by Gasteiger charge is -2.34. The van der Waals surface area contributed by atoms with Crippen molar-refractivity contribution in [3.63, 3.8) is 0 Å². The summed E-state index contributed by atoms with van der Waals surface area (Å²) in [4.78, 5) is 36.9. The van der Waals surface area contributed by atoms with Crippen LogP contribution in [0.1, 0.15) is 26.7 Å². The number of rotatable bonds is 6. The Hall–Kier alpha value is -1.89. The van der Waals surface area contributed by atoms with Crippen LogP contribution in [0.15, 0.2) is 21.7 Å². The van der Waals surface area contributed by atoms with E-state index in [9.17, 15) is 14.4 Å². The zero-order chi connectivity index (χ0) is 16.8. The lowest BCUT2D eigenvalue weighted by atomic mass is 9.92. The van der Waals surface area contributed by atoms with E-state index in [1.54, 1.807) is 0 Å². The van der Waals surface area contributed by atoms with Gasteiger partial charge < -0.3 is 10.2 Å². The van der Waals surface area contributed by atoms with Crippen LogP contribution in [-0.4, -0.2) is 46.8 Å². The molecule has 7 nitrogen and oxygen atoms in total. The molecular formula is C16H26N4O3. The van der Waals surface area contributed by atoms with E-state index < -0.39 is 11.1 Å². The average Bonchev–Trinajstić information content (AvgIpc) is 2.46. The summed E-state index contributed by atoms with van der Waals surface area (Å²) in [6.07, 6.45) is 2.17. The molecule has 0 aromatic carbocycles.